The van der Waals surface area contributed by atoms with Crippen molar-refractivity contribution in [2.75, 3.05) is 0 Å². The summed E-state index contributed by atoms with van der Waals surface area (Å²) in [7, 11) is 0. The van der Waals surface area contributed by atoms with Crippen molar-refractivity contribution in [3.8, 4) is 0 Å². The van der Waals surface area contributed by atoms with Gasteiger partial charge in [0.05, 0.1) is 0 Å². The Hall–Kier alpha value is -1.70. The Kier molecular flexibility index (Phi) is 9.52. The summed E-state index contributed by atoms with van der Waals surface area (Å²) in [6, 6.07) is 7.21. The lowest BCUT2D eigenvalue weighted by molar-refractivity contribution is 0.0971. The van der Waals surface area contributed by atoms with Crippen molar-refractivity contribution >= 4 is 11.6 Å². The average molecular weight is 369 g/mol. The number of hydrogen-bond donors (Lipinski definition) is 0. The van der Waals surface area contributed by atoms with Crippen molar-refractivity contribution in [3.63, 3.8) is 0 Å². The van der Waals surface area contributed by atoms with Crippen LogP contribution in [-0.4, -0.2) is 11.6 Å². The van der Waals surface area contributed by atoms with E-state index in [0.717, 1.165) is 24.8 Å². The molecule has 1 aromatic rings. The van der Waals surface area contributed by atoms with Crippen LogP contribution in [0.25, 0.3) is 0 Å². The normalized spacial score (nSPS) is 14.0. The highest BCUT2D eigenvalue weighted by Crippen LogP contribution is 2.29. The van der Waals surface area contributed by atoms with Gasteiger partial charge in [-0.15, -0.1) is 0 Å². The molecule has 148 valence electrons. The molecular weight excluding hydrogens is 332 g/mol. The second kappa shape index (κ2) is 11.9. The van der Waals surface area contributed by atoms with Gasteiger partial charge in [0.1, 0.15) is 0 Å². The SMILES string of the molecule is CCCCCCCCCCCCCCC1=C(C)C(=O)c2ccccc2C1=O. The number of unbranched alkanes of at least 4 members (excludes halogenated alkanes) is 11. The first-order valence-corrected chi connectivity index (χ1v) is 11.0. The van der Waals surface area contributed by atoms with E-state index in [4.69, 9.17) is 0 Å². The van der Waals surface area contributed by atoms with Crippen LogP contribution in [0.3, 0.4) is 0 Å². The zero-order chi connectivity index (χ0) is 19.5. The highest BCUT2D eigenvalue weighted by atomic mass is 16.1. The minimum absolute atomic E-state index is 0.0270. The molecule has 27 heavy (non-hydrogen) atoms. The zero-order valence-electron chi connectivity index (χ0n) is 17.3. The summed E-state index contributed by atoms with van der Waals surface area (Å²) in [6.07, 6.45) is 16.4. The van der Waals surface area contributed by atoms with Gasteiger partial charge in [-0.1, -0.05) is 102 Å². The Bertz CT molecular complexity index is 654. The largest absolute Gasteiger partial charge is 0.289 e. The monoisotopic (exact) mass is 368 g/mol. The third kappa shape index (κ3) is 6.45. The van der Waals surface area contributed by atoms with Gasteiger partial charge in [0.25, 0.3) is 0 Å². The molecule has 1 aromatic carbocycles. The van der Waals surface area contributed by atoms with Crippen LogP contribution in [0.4, 0.5) is 0 Å². The topological polar surface area (TPSA) is 34.1 Å². The summed E-state index contributed by atoms with van der Waals surface area (Å²) in [6.45, 7) is 4.07. The van der Waals surface area contributed by atoms with E-state index in [0.29, 0.717) is 16.7 Å². The molecule has 0 fully saturated rings. The third-order valence-electron chi connectivity index (χ3n) is 5.76. The van der Waals surface area contributed by atoms with Gasteiger partial charge in [-0.05, 0) is 19.8 Å². The lowest BCUT2D eigenvalue weighted by Gasteiger charge is -2.18. The molecule has 0 N–H and O–H groups in total. The number of carbonyl (C=O) groups excluding carboxylic acids is 2. The third-order valence-corrected chi connectivity index (χ3v) is 5.76. The molecule has 0 radical (unpaired) electrons. The minimum atomic E-state index is 0.0270. The number of rotatable bonds is 13. The maximum absolute atomic E-state index is 12.7. The van der Waals surface area contributed by atoms with E-state index < -0.39 is 0 Å². The zero-order valence-corrected chi connectivity index (χ0v) is 17.3. The van der Waals surface area contributed by atoms with E-state index in [1.807, 2.05) is 19.1 Å². The van der Waals surface area contributed by atoms with Crippen LogP contribution in [0.15, 0.2) is 35.4 Å². The summed E-state index contributed by atoms with van der Waals surface area (Å²) in [5.41, 5.74) is 2.55. The summed E-state index contributed by atoms with van der Waals surface area (Å²) in [5.74, 6) is 0.0879. The molecule has 2 heteroatoms. The standard InChI is InChI=1S/C25H36O2/c1-3-4-5-6-7-8-9-10-11-12-13-14-17-21-20(2)24(26)22-18-15-16-19-23(22)25(21)27/h15-16,18-19H,3-14,17H2,1-2H3. The molecule has 1 aliphatic carbocycles. The molecule has 0 aliphatic heterocycles. The lowest BCUT2D eigenvalue weighted by atomic mass is 9.82. The summed E-state index contributed by atoms with van der Waals surface area (Å²) in [4.78, 5) is 25.2. The molecular formula is C25H36O2. The van der Waals surface area contributed by atoms with Crippen molar-refractivity contribution in [1.29, 1.82) is 0 Å². The quantitative estimate of drug-likeness (QED) is 0.338. The number of fused-ring (bicyclic) bond motifs is 1. The maximum Gasteiger partial charge on any atom is 0.190 e. The first-order chi connectivity index (χ1) is 13.2. The van der Waals surface area contributed by atoms with Gasteiger partial charge in [-0.25, -0.2) is 0 Å². The highest BCUT2D eigenvalue weighted by molar-refractivity contribution is 6.26. The van der Waals surface area contributed by atoms with E-state index in [1.165, 1.54) is 64.2 Å². The van der Waals surface area contributed by atoms with Gasteiger partial charge in [0, 0.05) is 22.3 Å². The number of hydrogen-bond acceptors (Lipinski definition) is 2. The molecule has 0 spiro atoms. The van der Waals surface area contributed by atoms with E-state index >= 15 is 0 Å². The Labute approximate surface area is 165 Å². The molecule has 0 bridgehead atoms. The molecule has 2 nitrogen and oxygen atoms in total. The minimum Gasteiger partial charge on any atom is -0.289 e. The molecule has 0 atom stereocenters. The highest BCUT2D eigenvalue weighted by Gasteiger charge is 2.28. The van der Waals surface area contributed by atoms with Gasteiger partial charge in [0.2, 0.25) is 0 Å². The fraction of sp³-hybridized carbons (Fsp3) is 0.600. The molecule has 0 heterocycles. The number of Topliss-reactive ketones (excluding diaryl/α,β-unsaturated/α-hetero) is 2. The summed E-state index contributed by atoms with van der Waals surface area (Å²) in [5, 5.41) is 0. The van der Waals surface area contributed by atoms with Gasteiger partial charge in [-0.2, -0.15) is 0 Å². The van der Waals surface area contributed by atoms with Crippen molar-refractivity contribution in [2.24, 2.45) is 0 Å². The number of ketones is 2. The van der Waals surface area contributed by atoms with Crippen LogP contribution < -0.4 is 0 Å². The molecule has 0 unspecified atom stereocenters. The number of carbonyl (C=O) groups is 2. The fourth-order valence-electron chi connectivity index (χ4n) is 3.99. The fourth-order valence-corrected chi connectivity index (χ4v) is 3.99. The lowest BCUT2D eigenvalue weighted by Crippen LogP contribution is -2.20. The van der Waals surface area contributed by atoms with E-state index in [9.17, 15) is 9.59 Å². The summed E-state index contributed by atoms with van der Waals surface area (Å²) < 4.78 is 0. The van der Waals surface area contributed by atoms with Crippen LogP contribution in [0.2, 0.25) is 0 Å². The Balaban J connectivity index is 1.61. The number of allylic oxidation sites excluding steroid dienone is 2. The molecule has 0 saturated heterocycles. The maximum atomic E-state index is 12.7. The second-order valence-corrected chi connectivity index (χ2v) is 7.95. The van der Waals surface area contributed by atoms with E-state index in [1.54, 1.807) is 12.1 Å². The van der Waals surface area contributed by atoms with Crippen molar-refractivity contribution in [3.05, 3.63) is 46.5 Å². The molecule has 2 rings (SSSR count). The molecule has 0 amide bonds. The number of benzene rings is 1. The Morgan fingerprint density at radius 2 is 1.07 bits per heavy atom. The van der Waals surface area contributed by atoms with Crippen LogP contribution in [-0.2, 0) is 0 Å². The van der Waals surface area contributed by atoms with E-state index in [-0.39, 0.29) is 11.6 Å². The van der Waals surface area contributed by atoms with Crippen molar-refractivity contribution in [2.45, 2.75) is 97.3 Å². The smallest absolute Gasteiger partial charge is 0.190 e. The van der Waals surface area contributed by atoms with Gasteiger partial charge >= 0.3 is 0 Å². The van der Waals surface area contributed by atoms with Crippen molar-refractivity contribution in [1.82, 2.24) is 0 Å². The Morgan fingerprint density at radius 3 is 1.59 bits per heavy atom. The Morgan fingerprint density at radius 1 is 0.630 bits per heavy atom. The van der Waals surface area contributed by atoms with Crippen LogP contribution in [0.1, 0.15) is 118 Å². The molecule has 1 aliphatic rings. The van der Waals surface area contributed by atoms with Crippen LogP contribution >= 0.6 is 0 Å². The van der Waals surface area contributed by atoms with Crippen LogP contribution in [0, 0.1) is 0 Å². The average Bonchev–Trinajstić information content (AvgIpc) is 2.69. The predicted molar refractivity (Wildman–Crippen MR) is 113 cm³/mol. The first kappa shape index (κ1) is 21.6. The van der Waals surface area contributed by atoms with Crippen LogP contribution in [0.5, 0.6) is 0 Å². The van der Waals surface area contributed by atoms with Gasteiger partial charge in [-0.3, -0.25) is 9.59 Å². The predicted octanol–water partition coefficient (Wildman–Crippen LogP) is 7.47. The van der Waals surface area contributed by atoms with Gasteiger partial charge in [0.15, 0.2) is 11.6 Å². The van der Waals surface area contributed by atoms with E-state index in [2.05, 4.69) is 6.92 Å². The van der Waals surface area contributed by atoms with Gasteiger partial charge < -0.3 is 0 Å². The summed E-state index contributed by atoms with van der Waals surface area (Å²) >= 11 is 0. The first-order valence-electron chi connectivity index (χ1n) is 11.0. The van der Waals surface area contributed by atoms with Crippen molar-refractivity contribution < 1.29 is 9.59 Å². The molecule has 0 saturated carbocycles. The second-order valence-electron chi connectivity index (χ2n) is 7.95. The molecule has 0 aromatic heterocycles.